The van der Waals surface area contributed by atoms with Gasteiger partial charge in [-0.1, -0.05) is 13.8 Å². The summed E-state index contributed by atoms with van der Waals surface area (Å²) in [7, 11) is 0. The smallest absolute Gasteiger partial charge is 0.337 e. The molecule has 0 aromatic rings. The number of ether oxygens (including phenoxy) is 1. The van der Waals surface area contributed by atoms with Crippen LogP contribution in [-0.4, -0.2) is 60.4 Å². The minimum Gasteiger partial charge on any atom is -0.463 e. The predicted octanol–water partition coefficient (Wildman–Crippen LogP) is -0.181. The molecule has 21 heavy (non-hydrogen) atoms. The van der Waals surface area contributed by atoms with Crippen LogP contribution in [-0.2, 0) is 9.53 Å². The molecule has 3 N–H and O–H groups in total. The SMILES string of the molecule is CCOC(=O)C1=C(CN2CC(O)(C(C)C)C2)NC(=O)NC1. The number of β-amino-alcohol motifs (C(OH)–C–C–N with tert-alkyl or cyclic N) is 1. The Morgan fingerprint density at radius 1 is 1.48 bits per heavy atom. The standard InChI is InChI=1S/C14H23N3O4/c1-4-21-12(18)10-5-15-13(19)16-11(10)6-17-7-14(20,8-17)9(2)3/h9,20H,4-8H2,1-3H3,(H2,15,16,19). The van der Waals surface area contributed by atoms with Gasteiger partial charge in [-0.3, -0.25) is 4.90 Å². The lowest BCUT2D eigenvalue weighted by Gasteiger charge is -2.49. The minimum atomic E-state index is -0.679. The van der Waals surface area contributed by atoms with Gasteiger partial charge in [0.25, 0.3) is 0 Å². The van der Waals surface area contributed by atoms with E-state index < -0.39 is 11.6 Å². The van der Waals surface area contributed by atoms with Crippen LogP contribution in [0, 0.1) is 5.92 Å². The van der Waals surface area contributed by atoms with Crippen molar-refractivity contribution in [3.05, 3.63) is 11.3 Å². The van der Waals surface area contributed by atoms with Crippen molar-refractivity contribution >= 4 is 12.0 Å². The highest BCUT2D eigenvalue weighted by atomic mass is 16.5. The highest BCUT2D eigenvalue weighted by Crippen LogP contribution is 2.29. The van der Waals surface area contributed by atoms with Crippen LogP contribution in [0.4, 0.5) is 4.79 Å². The summed E-state index contributed by atoms with van der Waals surface area (Å²) in [5.41, 5.74) is 0.320. The quantitative estimate of drug-likeness (QED) is 0.612. The lowest BCUT2D eigenvalue weighted by molar-refractivity contribution is -0.138. The molecule has 2 rings (SSSR count). The summed E-state index contributed by atoms with van der Waals surface area (Å²) < 4.78 is 5.00. The summed E-state index contributed by atoms with van der Waals surface area (Å²) in [4.78, 5) is 25.3. The average Bonchev–Trinajstić information content (AvgIpc) is 2.36. The van der Waals surface area contributed by atoms with Crippen molar-refractivity contribution in [2.45, 2.75) is 26.4 Å². The number of hydrogen-bond acceptors (Lipinski definition) is 5. The zero-order chi connectivity index (χ0) is 15.6. The van der Waals surface area contributed by atoms with E-state index in [1.54, 1.807) is 6.92 Å². The maximum atomic E-state index is 11.9. The Morgan fingerprint density at radius 3 is 2.71 bits per heavy atom. The van der Waals surface area contributed by atoms with E-state index in [2.05, 4.69) is 10.6 Å². The van der Waals surface area contributed by atoms with Crippen LogP contribution >= 0.6 is 0 Å². The number of nitrogens with one attached hydrogen (secondary N) is 2. The molecule has 0 spiro atoms. The third-order valence-electron chi connectivity index (χ3n) is 4.03. The number of urea groups is 1. The molecule has 0 bridgehead atoms. The fourth-order valence-electron chi connectivity index (χ4n) is 2.51. The van der Waals surface area contributed by atoms with Gasteiger partial charge in [-0.25, -0.2) is 9.59 Å². The van der Waals surface area contributed by atoms with Gasteiger partial charge in [-0.05, 0) is 12.8 Å². The number of nitrogens with zero attached hydrogens (tertiary/aromatic N) is 1. The number of hydrogen-bond donors (Lipinski definition) is 3. The molecule has 7 nitrogen and oxygen atoms in total. The van der Waals surface area contributed by atoms with Crippen LogP contribution < -0.4 is 10.6 Å². The van der Waals surface area contributed by atoms with Crippen LogP contribution in [0.3, 0.4) is 0 Å². The summed E-state index contributed by atoms with van der Waals surface area (Å²) in [6.45, 7) is 7.66. The first-order valence-corrected chi connectivity index (χ1v) is 7.24. The van der Waals surface area contributed by atoms with Gasteiger partial charge in [0.2, 0.25) is 0 Å². The fraction of sp³-hybridized carbons (Fsp3) is 0.714. The molecule has 118 valence electrons. The second kappa shape index (κ2) is 6.03. The van der Waals surface area contributed by atoms with Crippen molar-refractivity contribution in [3.63, 3.8) is 0 Å². The number of amides is 2. The molecule has 0 aliphatic carbocycles. The van der Waals surface area contributed by atoms with Gasteiger partial charge in [-0.2, -0.15) is 0 Å². The number of esters is 1. The second-order valence-corrected chi connectivity index (χ2v) is 5.89. The Morgan fingerprint density at radius 2 is 2.14 bits per heavy atom. The molecule has 2 aliphatic heterocycles. The number of aliphatic hydroxyl groups is 1. The molecule has 0 saturated carbocycles. The topological polar surface area (TPSA) is 90.9 Å². The third-order valence-corrected chi connectivity index (χ3v) is 4.03. The largest absolute Gasteiger partial charge is 0.463 e. The second-order valence-electron chi connectivity index (χ2n) is 5.89. The molecule has 0 radical (unpaired) electrons. The van der Waals surface area contributed by atoms with Gasteiger partial charge in [-0.15, -0.1) is 0 Å². The Labute approximate surface area is 124 Å². The first-order valence-electron chi connectivity index (χ1n) is 7.24. The van der Waals surface area contributed by atoms with Gasteiger partial charge in [0.05, 0.1) is 24.3 Å². The van der Waals surface area contributed by atoms with Crippen molar-refractivity contribution in [1.29, 1.82) is 0 Å². The average molecular weight is 297 g/mol. The maximum absolute atomic E-state index is 11.9. The molecule has 7 heteroatoms. The van der Waals surface area contributed by atoms with Crippen molar-refractivity contribution in [2.75, 3.05) is 32.8 Å². The Hall–Kier alpha value is -1.60. The molecule has 1 fully saturated rings. The van der Waals surface area contributed by atoms with Crippen LogP contribution in [0.5, 0.6) is 0 Å². The van der Waals surface area contributed by atoms with Crippen LogP contribution in [0.1, 0.15) is 20.8 Å². The molecular weight excluding hydrogens is 274 g/mol. The molecule has 2 heterocycles. The Bertz CT molecular complexity index is 467. The normalized spacial score (nSPS) is 21.7. The highest BCUT2D eigenvalue weighted by molar-refractivity contribution is 5.93. The highest BCUT2D eigenvalue weighted by Gasteiger charge is 2.44. The van der Waals surface area contributed by atoms with E-state index in [1.807, 2.05) is 18.7 Å². The Kier molecular flexibility index (Phi) is 4.53. The van der Waals surface area contributed by atoms with Crippen LogP contribution in [0.2, 0.25) is 0 Å². The lowest BCUT2D eigenvalue weighted by Crippen LogP contribution is -2.65. The van der Waals surface area contributed by atoms with E-state index in [-0.39, 0.29) is 18.5 Å². The lowest BCUT2D eigenvalue weighted by atomic mass is 9.83. The molecule has 0 unspecified atom stereocenters. The molecule has 2 amide bonds. The summed E-state index contributed by atoms with van der Waals surface area (Å²) in [6, 6.07) is -0.322. The molecule has 1 saturated heterocycles. The summed E-state index contributed by atoms with van der Waals surface area (Å²) in [5.74, 6) is -0.241. The third kappa shape index (κ3) is 3.36. The molecule has 0 atom stereocenters. The van der Waals surface area contributed by atoms with E-state index >= 15 is 0 Å². The van der Waals surface area contributed by atoms with E-state index in [9.17, 15) is 14.7 Å². The minimum absolute atomic E-state index is 0.169. The number of likely N-dealkylation sites (tertiary alicyclic amines) is 1. The van der Waals surface area contributed by atoms with E-state index in [1.165, 1.54) is 0 Å². The van der Waals surface area contributed by atoms with Gasteiger partial charge < -0.3 is 20.5 Å². The van der Waals surface area contributed by atoms with Crippen molar-refractivity contribution in [2.24, 2.45) is 5.92 Å². The summed E-state index contributed by atoms with van der Waals surface area (Å²) in [6.07, 6.45) is 0. The summed E-state index contributed by atoms with van der Waals surface area (Å²) >= 11 is 0. The van der Waals surface area contributed by atoms with Gasteiger partial charge in [0.1, 0.15) is 0 Å². The first-order chi connectivity index (χ1) is 9.85. The van der Waals surface area contributed by atoms with Crippen LogP contribution in [0.15, 0.2) is 11.3 Å². The zero-order valence-corrected chi connectivity index (χ0v) is 12.7. The zero-order valence-electron chi connectivity index (χ0n) is 12.7. The van der Waals surface area contributed by atoms with Gasteiger partial charge >= 0.3 is 12.0 Å². The van der Waals surface area contributed by atoms with E-state index in [0.717, 1.165) is 0 Å². The molecule has 2 aliphatic rings. The van der Waals surface area contributed by atoms with Gasteiger partial charge in [0, 0.05) is 25.3 Å². The van der Waals surface area contributed by atoms with Crippen molar-refractivity contribution in [1.82, 2.24) is 15.5 Å². The van der Waals surface area contributed by atoms with Crippen molar-refractivity contribution in [3.8, 4) is 0 Å². The fourth-order valence-corrected chi connectivity index (χ4v) is 2.51. The van der Waals surface area contributed by atoms with Crippen molar-refractivity contribution < 1.29 is 19.4 Å². The molecule has 0 aromatic heterocycles. The van der Waals surface area contributed by atoms with E-state index in [4.69, 9.17) is 4.74 Å². The summed E-state index contributed by atoms with van der Waals surface area (Å²) in [5, 5.41) is 15.5. The monoisotopic (exact) mass is 297 g/mol. The molecular formula is C14H23N3O4. The molecule has 0 aromatic carbocycles. The number of carbonyl (C=O) groups is 2. The van der Waals surface area contributed by atoms with Gasteiger partial charge in [0.15, 0.2) is 0 Å². The number of rotatable bonds is 5. The van der Waals surface area contributed by atoms with Crippen LogP contribution in [0.25, 0.3) is 0 Å². The number of carbonyl (C=O) groups excluding carboxylic acids is 2. The maximum Gasteiger partial charge on any atom is 0.337 e. The van der Waals surface area contributed by atoms with E-state index in [0.29, 0.717) is 37.5 Å². The first kappa shape index (κ1) is 15.8. The Balaban J connectivity index is 2.04. The predicted molar refractivity (Wildman–Crippen MR) is 76.4 cm³/mol.